The molecule has 458 valence electrons. The highest BCUT2D eigenvalue weighted by molar-refractivity contribution is 8.01. The zero-order valence-corrected chi connectivity index (χ0v) is 55.0. The predicted molar refractivity (Wildman–Crippen MR) is 417 cm³/mol. The lowest BCUT2D eigenvalue weighted by molar-refractivity contribution is 1.22. The highest BCUT2D eigenvalue weighted by Gasteiger charge is 2.47. The summed E-state index contributed by atoms with van der Waals surface area (Å²) < 4.78 is 0. The highest BCUT2D eigenvalue weighted by atomic mass is 32.2. The van der Waals surface area contributed by atoms with E-state index in [9.17, 15) is 0 Å². The smallest absolute Gasteiger partial charge is 0.252 e. The monoisotopic (exact) mass is 1280 g/mol. The van der Waals surface area contributed by atoms with Gasteiger partial charge in [-0.25, -0.2) is 0 Å². The van der Waals surface area contributed by atoms with Crippen LogP contribution in [0.1, 0.15) is 0 Å². The topological polar surface area (TPSA) is 13.0 Å². The third-order valence-corrected chi connectivity index (χ3v) is 22.2. The Kier molecular flexibility index (Phi) is 14.3. The quantitative estimate of drug-likeness (QED) is 0.112. The number of rotatable bonds is 12. The van der Waals surface area contributed by atoms with Crippen molar-refractivity contribution >= 4 is 138 Å². The normalized spacial score (nSPS) is 12.7. The second-order valence-electron chi connectivity index (χ2n) is 25.5. The van der Waals surface area contributed by atoms with E-state index < -0.39 is 0 Å². The molecule has 4 heterocycles. The van der Waals surface area contributed by atoms with Crippen LogP contribution in [0.2, 0.25) is 0 Å². The van der Waals surface area contributed by atoms with Gasteiger partial charge in [0.2, 0.25) is 6.71 Å². The van der Waals surface area contributed by atoms with Gasteiger partial charge in [-0.05, 0) is 158 Å². The van der Waals surface area contributed by atoms with Gasteiger partial charge >= 0.3 is 0 Å². The van der Waals surface area contributed by atoms with Crippen molar-refractivity contribution in [2.24, 2.45) is 0 Å². The fourth-order valence-corrected chi connectivity index (χ4v) is 18.1. The summed E-state index contributed by atoms with van der Waals surface area (Å²) in [5, 5.41) is 0. The molecule has 19 rings (SSSR count). The minimum Gasteiger partial charge on any atom is -0.311 e. The van der Waals surface area contributed by atoms with Gasteiger partial charge in [-0.2, -0.15) is 0 Å². The third kappa shape index (κ3) is 9.81. The molecule has 0 fully saturated rings. The summed E-state index contributed by atoms with van der Waals surface area (Å²) in [5.41, 5.74) is 30.3. The molecule has 98 heavy (non-hydrogen) atoms. The first-order valence-electron chi connectivity index (χ1n) is 33.6. The average Bonchev–Trinajstić information content (AvgIpc) is 0.687. The molecule has 0 spiro atoms. The van der Waals surface area contributed by atoms with Crippen molar-refractivity contribution in [3.05, 3.63) is 364 Å². The largest absolute Gasteiger partial charge is 0.311 e. The third-order valence-electron chi connectivity index (χ3n) is 19.9. The Bertz CT molecular complexity index is 5440. The van der Waals surface area contributed by atoms with Crippen LogP contribution in [0.4, 0.5) is 68.2 Å². The van der Waals surface area contributed by atoms with E-state index in [0.717, 1.165) is 107 Å². The molecule has 8 heteroatoms. The van der Waals surface area contributed by atoms with Crippen LogP contribution in [0.15, 0.2) is 384 Å². The zero-order valence-electron chi connectivity index (χ0n) is 53.4. The van der Waals surface area contributed by atoms with Crippen molar-refractivity contribution in [1.29, 1.82) is 0 Å². The first-order valence-corrected chi connectivity index (χ1v) is 35.2. The van der Waals surface area contributed by atoms with Crippen molar-refractivity contribution in [3.63, 3.8) is 0 Å². The molecule has 15 aromatic carbocycles. The summed E-state index contributed by atoms with van der Waals surface area (Å²) in [7, 11) is 0. The van der Waals surface area contributed by atoms with Gasteiger partial charge in [0.05, 0.1) is 11.4 Å². The SMILES string of the molecule is c1ccc(-c2ccc(N(c3cccc(-c4ccccc4)c3)c3cc4c5c(c3)N(c3c(-c6ccccc6)cccc3-c3ccccc3)c3cc6c(cc3B5c3ccccc3N4c3ccccc3)B3c4ccccc4Sc4cc(N(c5ccccc5)c5ccccc5)cc(c43)S6)cc2)cc1. The number of hydrogen-bond donors (Lipinski definition) is 0. The maximum absolute atomic E-state index is 2.70. The Labute approximate surface area is 581 Å². The molecule has 0 amide bonds. The van der Waals surface area contributed by atoms with Gasteiger partial charge in [-0.15, -0.1) is 0 Å². The summed E-state index contributed by atoms with van der Waals surface area (Å²) in [6, 6.07) is 135. The maximum atomic E-state index is 2.70. The lowest BCUT2D eigenvalue weighted by Gasteiger charge is -2.46. The number of fused-ring (bicyclic) bond motifs is 8. The second-order valence-corrected chi connectivity index (χ2v) is 27.6. The van der Waals surface area contributed by atoms with Gasteiger partial charge in [-0.3, -0.25) is 0 Å². The first kappa shape index (κ1) is 57.7. The van der Waals surface area contributed by atoms with Gasteiger partial charge in [0.1, 0.15) is 0 Å². The molecule has 4 aliphatic rings. The van der Waals surface area contributed by atoms with Crippen molar-refractivity contribution in [2.45, 2.75) is 19.6 Å². The molecule has 0 atom stereocenters. The molecule has 0 unspecified atom stereocenters. The van der Waals surface area contributed by atoms with Crippen molar-refractivity contribution in [2.75, 3.05) is 19.6 Å². The summed E-state index contributed by atoms with van der Waals surface area (Å²) in [5.74, 6) is 0. The highest BCUT2D eigenvalue weighted by Crippen LogP contribution is 2.54. The van der Waals surface area contributed by atoms with E-state index in [4.69, 9.17) is 0 Å². The van der Waals surface area contributed by atoms with Gasteiger partial charge < -0.3 is 19.6 Å². The zero-order chi connectivity index (χ0) is 64.6. The maximum Gasteiger partial charge on any atom is 0.252 e. The molecule has 0 aliphatic carbocycles. The van der Waals surface area contributed by atoms with Crippen LogP contribution in [-0.4, -0.2) is 13.4 Å². The van der Waals surface area contributed by atoms with Crippen molar-refractivity contribution in [3.8, 4) is 44.5 Å². The Morgan fingerprint density at radius 3 is 1.29 bits per heavy atom. The summed E-state index contributed by atoms with van der Waals surface area (Å²) in [6.45, 7) is -0.214. The lowest BCUT2D eigenvalue weighted by Crippen LogP contribution is -2.64. The molecule has 0 bridgehead atoms. The Hall–Kier alpha value is -11.7. The van der Waals surface area contributed by atoms with E-state index in [1.54, 1.807) is 0 Å². The lowest BCUT2D eigenvalue weighted by atomic mass is 9.31. The number of benzene rings is 15. The fraction of sp³-hybridized carbons (Fsp3) is 0. The van der Waals surface area contributed by atoms with Crippen LogP contribution >= 0.6 is 23.5 Å². The van der Waals surface area contributed by atoms with Crippen LogP contribution in [0.25, 0.3) is 44.5 Å². The van der Waals surface area contributed by atoms with Gasteiger partial charge in [0.15, 0.2) is 0 Å². The van der Waals surface area contributed by atoms with Crippen LogP contribution in [0.5, 0.6) is 0 Å². The van der Waals surface area contributed by atoms with E-state index in [1.807, 2.05) is 23.5 Å². The summed E-state index contributed by atoms with van der Waals surface area (Å²) >= 11 is 3.84. The minimum absolute atomic E-state index is 0.0312. The van der Waals surface area contributed by atoms with E-state index in [1.165, 1.54) is 57.9 Å². The number of para-hydroxylation sites is 5. The molecule has 4 nitrogen and oxygen atoms in total. The van der Waals surface area contributed by atoms with Crippen molar-refractivity contribution < 1.29 is 0 Å². The van der Waals surface area contributed by atoms with Gasteiger partial charge in [-0.1, -0.05) is 295 Å². The van der Waals surface area contributed by atoms with Crippen molar-refractivity contribution in [1.82, 2.24) is 0 Å². The van der Waals surface area contributed by atoms with E-state index in [0.29, 0.717) is 0 Å². The average molecular weight is 1280 g/mol. The Morgan fingerprint density at radius 2 is 0.663 bits per heavy atom. The molecule has 0 saturated carbocycles. The molecule has 0 N–H and O–H groups in total. The predicted octanol–water partition coefficient (Wildman–Crippen LogP) is 20.8. The van der Waals surface area contributed by atoms with Gasteiger partial charge in [0, 0.05) is 87.6 Å². The first-order chi connectivity index (χ1) is 48.6. The number of hydrogen-bond acceptors (Lipinski definition) is 6. The molecule has 15 aromatic rings. The summed E-state index contributed by atoms with van der Waals surface area (Å²) in [4.78, 5) is 15.2. The van der Waals surface area contributed by atoms with Crippen LogP contribution in [0.3, 0.4) is 0 Å². The standard InChI is InChI=1S/C90H60B2N4S2/c1-8-28-61(29-9-1)63-50-52-70(53-51-63)94(71-43-26-36-66(54-71)62-30-10-2-11-31-62)72-55-82-88-83(56-72)96(90-74(64-32-12-3-13-33-64)44-27-45-75(90)65-34-14-4-15-35-65)81-60-85-79(59-78(81)91(88)76-46-22-24-48-80(76)95(82)69-41-20-7-21-42-69)92-77-47-23-25-49-84(77)97-86-57-73(58-87(98-85)89(86)92)93(67-37-16-5-17-38-67)68-39-18-6-19-40-68/h1-60H. The van der Waals surface area contributed by atoms with Gasteiger partial charge in [0.25, 0.3) is 6.71 Å². The number of anilines is 12. The Morgan fingerprint density at radius 1 is 0.224 bits per heavy atom. The van der Waals surface area contributed by atoms with E-state index in [-0.39, 0.29) is 13.4 Å². The van der Waals surface area contributed by atoms with E-state index >= 15 is 0 Å². The molecular weight excluding hydrogens is 1220 g/mol. The molecular formula is C90H60B2N4S2. The second kappa shape index (κ2) is 24.2. The Balaban J connectivity index is 0.923. The molecule has 0 radical (unpaired) electrons. The minimum atomic E-state index is -0.183. The van der Waals surface area contributed by atoms with Crippen LogP contribution < -0.4 is 52.4 Å². The summed E-state index contributed by atoms with van der Waals surface area (Å²) in [6.07, 6.45) is 0. The molecule has 4 aliphatic heterocycles. The number of nitrogens with zero attached hydrogens (tertiary/aromatic N) is 4. The molecule has 0 saturated heterocycles. The molecule has 0 aromatic heterocycles. The van der Waals surface area contributed by atoms with E-state index in [2.05, 4.69) is 384 Å². The fourth-order valence-electron chi connectivity index (χ4n) is 15.6. The van der Waals surface area contributed by atoms with Crippen LogP contribution in [0, 0.1) is 0 Å². The van der Waals surface area contributed by atoms with Crippen LogP contribution in [-0.2, 0) is 0 Å².